The van der Waals surface area contributed by atoms with Gasteiger partial charge in [0.2, 0.25) is 0 Å². The largest absolute Gasteiger partial charge is 0.465 e. The second-order valence-electron chi connectivity index (χ2n) is 6.49. The number of nitrogens with zero attached hydrogens (tertiary/aromatic N) is 1. The number of nitrogens with one attached hydrogen (secondary N) is 2. The molecule has 0 aromatic carbocycles. The highest BCUT2D eigenvalue weighted by Crippen LogP contribution is 2.39. The zero-order valence-corrected chi connectivity index (χ0v) is 14.7. The number of furan rings is 1. The van der Waals surface area contributed by atoms with E-state index in [1.54, 1.807) is 17.6 Å². The van der Waals surface area contributed by atoms with Crippen molar-refractivity contribution >= 4 is 28.3 Å². The number of thiophene rings is 1. The fourth-order valence-corrected chi connectivity index (χ4v) is 4.58. The minimum Gasteiger partial charge on any atom is -0.465 e. The lowest BCUT2D eigenvalue weighted by Crippen LogP contribution is -2.43. The molecule has 5 nitrogen and oxygen atoms in total. The fraction of sp³-hybridized carbons (Fsp3) is 0.389. The van der Waals surface area contributed by atoms with Crippen LogP contribution in [0.15, 0.2) is 28.9 Å². The van der Waals surface area contributed by atoms with E-state index >= 15 is 0 Å². The molecule has 2 N–H and O–H groups in total. The smallest absolute Gasteiger partial charge is 0.256 e. The van der Waals surface area contributed by atoms with Gasteiger partial charge in [0.1, 0.15) is 16.9 Å². The maximum absolute atomic E-state index is 12.6. The van der Waals surface area contributed by atoms with Gasteiger partial charge >= 0.3 is 0 Å². The summed E-state index contributed by atoms with van der Waals surface area (Å²) in [4.78, 5) is 16.4. The van der Waals surface area contributed by atoms with Crippen LogP contribution in [0.25, 0.3) is 6.08 Å². The van der Waals surface area contributed by atoms with Gasteiger partial charge in [-0.1, -0.05) is 0 Å². The van der Waals surface area contributed by atoms with Gasteiger partial charge in [-0.2, -0.15) is 0 Å². The van der Waals surface area contributed by atoms with Crippen LogP contribution >= 0.6 is 11.3 Å². The molecule has 1 unspecified atom stereocenters. The predicted octanol–water partition coefficient (Wildman–Crippen LogP) is 3.30. The van der Waals surface area contributed by atoms with E-state index in [4.69, 9.17) is 4.42 Å². The molecule has 6 heteroatoms. The minimum absolute atomic E-state index is 0.0216. The fourth-order valence-electron chi connectivity index (χ4n) is 3.27. The third-order valence-electron chi connectivity index (χ3n) is 4.61. The van der Waals surface area contributed by atoms with Gasteiger partial charge in [-0.25, -0.2) is 0 Å². The Morgan fingerprint density at radius 1 is 1.42 bits per heavy atom. The van der Waals surface area contributed by atoms with E-state index in [1.165, 1.54) is 10.4 Å². The van der Waals surface area contributed by atoms with Crippen LogP contribution in [0.4, 0.5) is 5.00 Å². The van der Waals surface area contributed by atoms with Crippen molar-refractivity contribution in [2.24, 2.45) is 0 Å². The van der Waals surface area contributed by atoms with Crippen LogP contribution in [0, 0.1) is 0 Å². The molecule has 4 heterocycles. The van der Waals surface area contributed by atoms with Crippen molar-refractivity contribution in [1.29, 1.82) is 0 Å². The normalized spacial score (nSPS) is 20.8. The highest BCUT2D eigenvalue weighted by Gasteiger charge is 2.32. The summed E-state index contributed by atoms with van der Waals surface area (Å²) in [6.07, 6.45) is 6.16. The molecule has 2 aromatic rings. The third-order valence-corrected chi connectivity index (χ3v) is 5.76. The molecule has 0 spiro atoms. The van der Waals surface area contributed by atoms with Crippen LogP contribution in [-0.2, 0) is 13.0 Å². The van der Waals surface area contributed by atoms with Crippen molar-refractivity contribution in [2.45, 2.75) is 39.0 Å². The molecule has 0 aliphatic carbocycles. The third kappa shape index (κ3) is 2.76. The number of anilines is 1. The van der Waals surface area contributed by atoms with Crippen molar-refractivity contribution < 1.29 is 9.21 Å². The summed E-state index contributed by atoms with van der Waals surface area (Å²) < 4.78 is 5.29. The lowest BCUT2D eigenvalue weighted by molar-refractivity contribution is 0.0942. The van der Waals surface area contributed by atoms with Gasteiger partial charge in [0.05, 0.1) is 11.8 Å². The molecule has 0 fully saturated rings. The number of hydrogen-bond donors (Lipinski definition) is 2. The van der Waals surface area contributed by atoms with E-state index in [9.17, 15) is 4.79 Å². The highest BCUT2D eigenvalue weighted by atomic mass is 32.1. The first-order valence-corrected chi connectivity index (χ1v) is 9.11. The maximum Gasteiger partial charge on any atom is 0.256 e. The van der Waals surface area contributed by atoms with Crippen molar-refractivity contribution in [3.63, 3.8) is 0 Å². The maximum atomic E-state index is 12.6. The summed E-state index contributed by atoms with van der Waals surface area (Å²) >= 11 is 1.72. The lowest BCUT2D eigenvalue weighted by atomic mass is 10.0. The number of carbonyl (C=O) groups is 1. The van der Waals surface area contributed by atoms with Gasteiger partial charge in [0, 0.05) is 24.0 Å². The van der Waals surface area contributed by atoms with Crippen LogP contribution < -0.4 is 10.6 Å². The molecule has 0 saturated carbocycles. The molecule has 0 bridgehead atoms. The van der Waals surface area contributed by atoms with Crippen molar-refractivity contribution in [2.75, 3.05) is 11.9 Å². The average Bonchev–Trinajstić information content (AvgIpc) is 3.19. The molecule has 2 aliphatic heterocycles. The van der Waals surface area contributed by atoms with Crippen LogP contribution in [0.2, 0.25) is 0 Å². The van der Waals surface area contributed by atoms with Crippen LogP contribution in [0.5, 0.6) is 0 Å². The molecule has 4 rings (SSSR count). The Bertz CT molecular complexity index is 777. The van der Waals surface area contributed by atoms with Crippen LogP contribution in [0.3, 0.4) is 0 Å². The number of carbonyl (C=O) groups excluding carboxylic acids is 1. The van der Waals surface area contributed by atoms with Crippen molar-refractivity contribution in [3.05, 3.63) is 46.2 Å². The first-order valence-electron chi connectivity index (χ1n) is 8.29. The van der Waals surface area contributed by atoms with Gasteiger partial charge in [-0.15, -0.1) is 11.3 Å². The van der Waals surface area contributed by atoms with Crippen LogP contribution in [-0.4, -0.2) is 29.6 Å². The van der Waals surface area contributed by atoms with Crippen molar-refractivity contribution in [3.8, 4) is 0 Å². The average molecular weight is 343 g/mol. The summed E-state index contributed by atoms with van der Waals surface area (Å²) in [5.41, 5.74) is 2.08. The molecule has 1 amide bonds. The van der Waals surface area contributed by atoms with Gasteiger partial charge in [-0.05, 0) is 50.1 Å². The molecule has 0 saturated heterocycles. The Labute approximate surface area is 145 Å². The number of rotatable bonds is 3. The standard InChI is InChI=1S/C18H21N3O2S/c1-11(2)21-8-7-13-14(10-21)24-18-16(13)17(22)19-15(20-18)6-5-12-4-3-9-23-12/h3-6,9,11,15,20H,7-8,10H2,1-2H3,(H,19,22). The Morgan fingerprint density at radius 3 is 3.04 bits per heavy atom. The summed E-state index contributed by atoms with van der Waals surface area (Å²) in [7, 11) is 0. The van der Waals surface area contributed by atoms with Gasteiger partial charge in [0.15, 0.2) is 0 Å². The lowest BCUT2D eigenvalue weighted by Gasteiger charge is -2.30. The van der Waals surface area contributed by atoms with Gasteiger partial charge in [-0.3, -0.25) is 9.69 Å². The number of hydrogen-bond acceptors (Lipinski definition) is 5. The van der Waals surface area contributed by atoms with E-state index in [1.807, 2.05) is 24.3 Å². The zero-order valence-electron chi connectivity index (χ0n) is 13.8. The molecule has 2 aromatic heterocycles. The number of amides is 1. The van der Waals surface area contributed by atoms with Gasteiger partial charge < -0.3 is 15.1 Å². The monoisotopic (exact) mass is 343 g/mol. The van der Waals surface area contributed by atoms with Gasteiger partial charge in [0.25, 0.3) is 5.91 Å². The second-order valence-corrected chi connectivity index (χ2v) is 7.60. The zero-order chi connectivity index (χ0) is 16.7. The Kier molecular flexibility index (Phi) is 3.94. The van der Waals surface area contributed by atoms with E-state index in [2.05, 4.69) is 29.4 Å². The van der Waals surface area contributed by atoms with Crippen LogP contribution in [0.1, 0.15) is 40.4 Å². The molecule has 126 valence electrons. The van der Waals surface area contributed by atoms with E-state index in [0.717, 1.165) is 35.8 Å². The molecule has 2 aliphatic rings. The Hall–Kier alpha value is -2.05. The molecule has 24 heavy (non-hydrogen) atoms. The Morgan fingerprint density at radius 2 is 2.29 bits per heavy atom. The minimum atomic E-state index is -0.212. The first kappa shape index (κ1) is 15.5. The van der Waals surface area contributed by atoms with E-state index in [-0.39, 0.29) is 12.1 Å². The Balaban J connectivity index is 1.57. The summed E-state index contributed by atoms with van der Waals surface area (Å²) in [6, 6.07) is 4.26. The summed E-state index contributed by atoms with van der Waals surface area (Å²) in [5, 5.41) is 7.44. The molecular weight excluding hydrogens is 322 g/mol. The summed E-state index contributed by atoms with van der Waals surface area (Å²) in [5.74, 6) is 0.795. The predicted molar refractivity (Wildman–Crippen MR) is 96.2 cm³/mol. The first-order chi connectivity index (χ1) is 11.6. The number of fused-ring (bicyclic) bond motifs is 3. The topological polar surface area (TPSA) is 57.5 Å². The van der Waals surface area contributed by atoms with Crippen molar-refractivity contribution in [1.82, 2.24) is 10.2 Å². The highest BCUT2D eigenvalue weighted by molar-refractivity contribution is 7.16. The summed E-state index contributed by atoms with van der Waals surface area (Å²) in [6.45, 7) is 6.40. The molecular formula is C18H21N3O2S. The SMILES string of the molecule is CC(C)N1CCc2c(sc3c2C(=O)NC(C=Cc2ccco2)N3)C1. The molecule has 0 radical (unpaired) electrons. The van der Waals surface area contributed by atoms with E-state index < -0.39 is 0 Å². The van der Waals surface area contributed by atoms with E-state index in [0.29, 0.717) is 6.04 Å². The quantitative estimate of drug-likeness (QED) is 0.898. The molecule has 1 atom stereocenters. The second kappa shape index (κ2) is 6.11.